The number of pyridine rings is 1. The molecular formula is C36H41NO13. The van der Waals surface area contributed by atoms with Crippen LogP contribution in [0.15, 0.2) is 54.9 Å². The van der Waals surface area contributed by atoms with Gasteiger partial charge in [0.15, 0.2) is 12.2 Å². The predicted octanol–water partition coefficient (Wildman–Crippen LogP) is 3.39. The Balaban J connectivity index is 1.87. The lowest BCUT2D eigenvalue weighted by atomic mass is 9.47. The summed E-state index contributed by atoms with van der Waals surface area (Å²) in [4.78, 5) is 83.2. The SMILES string of the molecule is CC(=O)OC[C@]12[C@@H](OC(=O)c3ccccc3)[C@H](OC(C)=O)[C@@H]3[C@H](OC(C)=O)[C@]1(OC3(C)C)[C@H](C)C[C@H](OC(C)=O)[C@@H]2OC(=O)c1cccnc1. The maximum absolute atomic E-state index is 14.0. The highest BCUT2D eigenvalue weighted by Crippen LogP contribution is 2.68. The summed E-state index contributed by atoms with van der Waals surface area (Å²) >= 11 is 0. The second-order valence-electron chi connectivity index (χ2n) is 13.5. The van der Waals surface area contributed by atoms with Crippen molar-refractivity contribution in [2.24, 2.45) is 17.3 Å². The van der Waals surface area contributed by atoms with Crippen LogP contribution in [0, 0.1) is 17.3 Å². The number of carbonyl (C=O) groups excluding carboxylic acids is 6. The highest BCUT2D eigenvalue weighted by Gasteiger charge is 2.85. The van der Waals surface area contributed by atoms with Crippen LogP contribution >= 0.6 is 0 Å². The summed E-state index contributed by atoms with van der Waals surface area (Å²) in [5, 5.41) is 0. The lowest BCUT2D eigenvalue weighted by molar-refractivity contribution is -0.327. The number of fused-ring (bicyclic) bond motifs is 1. The zero-order valence-electron chi connectivity index (χ0n) is 28.9. The molecule has 0 unspecified atom stereocenters. The molecule has 3 fully saturated rings. The fraction of sp³-hybridized carbons (Fsp3) is 0.528. The van der Waals surface area contributed by atoms with Crippen LogP contribution in [0.4, 0.5) is 0 Å². The van der Waals surface area contributed by atoms with Gasteiger partial charge in [0.2, 0.25) is 0 Å². The lowest BCUT2D eigenvalue weighted by Gasteiger charge is -2.64. The fourth-order valence-corrected chi connectivity index (χ4v) is 8.29. The Bertz CT molecular complexity index is 1650. The third-order valence-electron chi connectivity index (χ3n) is 9.84. The molecule has 14 heteroatoms. The van der Waals surface area contributed by atoms with Crippen LogP contribution in [-0.2, 0) is 52.3 Å². The largest absolute Gasteiger partial charge is 0.465 e. The molecule has 9 atom stereocenters. The first-order valence-electron chi connectivity index (χ1n) is 16.3. The smallest absolute Gasteiger partial charge is 0.340 e. The van der Waals surface area contributed by atoms with Gasteiger partial charge in [0.1, 0.15) is 35.9 Å². The van der Waals surface area contributed by atoms with Crippen molar-refractivity contribution < 1.29 is 61.9 Å². The van der Waals surface area contributed by atoms with Crippen molar-refractivity contribution in [2.75, 3.05) is 6.61 Å². The minimum Gasteiger partial charge on any atom is -0.465 e. The van der Waals surface area contributed by atoms with E-state index >= 15 is 0 Å². The molecule has 1 aromatic carbocycles. The van der Waals surface area contributed by atoms with Crippen LogP contribution in [0.2, 0.25) is 0 Å². The zero-order chi connectivity index (χ0) is 36.6. The van der Waals surface area contributed by atoms with E-state index in [4.69, 9.17) is 33.2 Å². The van der Waals surface area contributed by atoms with E-state index in [9.17, 15) is 28.8 Å². The topological polar surface area (TPSA) is 180 Å². The second kappa shape index (κ2) is 13.8. The minimum atomic E-state index is -2.05. The van der Waals surface area contributed by atoms with Gasteiger partial charge in [-0.2, -0.15) is 0 Å². The number of benzene rings is 1. The molecule has 0 amide bonds. The van der Waals surface area contributed by atoms with Gasteiger partial charge in [0, 0.05) is 40.1 Å². The van der Waals surface area contributed by atoms with Crippen LogP contribution in [0.3, 0.4) is 0 Å². The molecule has 3 aliphatic rings. The van der Waals surface area contributed by atoms with Gasteiger partial charge >= 0.3 is 35.8 Å². The summed E-state index contributed by atoms with van der Waals surface area (Å²) in [5.74, 6) is -6.43. The summed E-state index contributed by atoms with van der Waals surface area (Å²) in [6.07, 6.45) is -4.42. The van der Waals surface area contributed by atoms with Crippen molar-refractivity contribution in [3.05, 3.63) is 66.0 Å². The Labute approximate surface area is 289 Å². The van der Waals surface area contributed by atoms with Crippen molar-refractivity contribution >= 4 is 35.8 Å². The van der Waals surface area contributed by atoms with Gasteiger partial charge in [-0.3, -0.25) is 24.2 Å². The number of hydrogen-bond donors (Lipinski definition) is 0. The minimum absolute atomic E-state index is 0.00450. The van der Waals surface area contributed by atoms with E-state index < -0.39 is 101 Å². The standard InChI is InChI=1S/C36H41NO13/c1-19-16-26(45-21(3)39)29(48-33(43)25-14-11-15-37-17-25)35(18-44-20(2)38)31(49-32(42)24-12-9-8-10-13-24)28(46-22(4)40)27-30(47-23(5)41)36(19,35)50-34(27,6)7/h8-15,17,19,26-31H,16,18H2,1-7H3/t19-,26+,27-,28-,29+,30+,31+,35+,36-/m1/s1. The molecule has 0 radical (unpaired) electrons. The number of rotatable bonds is 9. The number of ether oxygens (including phenoxy) is 7. The normalized spacial score (nSPS) is 32.0. The molecule has 2 aliphatic carbocycles. The third-order valence-corrected chi connectivity index (χ3v) is 9.84. The van der Waals surface area contributed by atoms with Crippen molar-refractivity contribution in [2.45, 2.75) is 96.6 Å². The molecule has 50 heavy (non-hydrogen) atoms. The van der Waals surface area contributed by atoms with Gasteiger partial charge in [-0.05, 0) is 50.5 Å². The van der Waals surface area contributed by atoms with E-state index in [-0.39, 0.29) is 17.5 Å². The molecule has 0 N–H and O–H groups in total. The second-order valence-corrected chi connectivity index (χ2v) is 13.5. The van der Waals surface area contributed by atoms with E-state index in [1.54, 1.807) is 39.0 Å². The average Bonchev–Trinajstić information content (AvgIpc) is 3.24. The quantitative estimate of drug-likeness (QED) is 0.275. The van der Waals surface area contributed by atoms with Gasteiger partial charge in [0.05, 0.1) is 22.6 Å². The first-order valence-corrected chi connectivity index (χ1v) is 16.3. The summed E-state index contributed by atoms with van der Waals surface area (Å²) in [6, 6.07) is 11.0. The molecule has 2 heterocycles. The molecule has 268 valence electrons. The summed E-state index contributed by atoms with van der Waals surface area (Å²) in [7, 11) is 0. The maximum Gasteiger partial charge on any atom is 0.340 e. The number of aromatic nitrogens is 1. The molecular weight excluding hydrogens is 654 g/mol. The fourth-order valence-electron chi connectivity index (χ4n) is 8.29. The zero-order valence-corrected chi connectivity index (χ0v) is 28.9. The van der Waals surface area contributed by atoms with E-state index in [0.717, 1.165) is 13.8 Å². The van der Waals surface area contributed by atoms with Crippen LogP contribution in [0.1, 0.15) is 75.6 Å². The molecule has 1 aliphatic heterocycles. The molecule has 2 aromatic rings. The van der Waals surface area contributed by atoms with Crippen molar-refractivity contribution in [1.29, 1.82) is 0 Å². The van der Waals surface area contributed by atoms with Crippen LogP contribution in [0.5, 0.6) is 0 Å². The molecule has 1 saturated heterocycles. The Morgan fingerprint density at radius 1 is 0.740 bits per heavy atom. The lowest BCUT2D eigenvalue weighted by Crippen LogP contribution is -2.81. The number of carbonyl (C=O) groups is 6. The monoisotopic (exact) mass is 695 g/mol. The van der Waals surface area contributed by atoms with Crippen molar-refractivity contribution in [3.63, 3.8) is 0 Å². The van der Waals surface area contributed by atoms with E-state index in [0.29, 0.717) is 0 Å². The number of esters is 6. The highest BCUT2D eigenvalue weighted by atomic mass is 16.6. The van der Waals surface area contributed by atoms with E-state index in [1.807, 2.05) is 0 Å². The molecule has 2 bridgehead atoms. The van der Waals surface area contributed by atoms with E-state index in [1.165, 1.54) is 50.5 Å². The van der Waals surface area contributed by atoms with Crippen LogP contribution in [0.25, 0.3) is 0 Å². The highest BCUT2D eigenvalue weighted by molar-refractivity contribution is 5.90. The number of nitrogens with zero attached hydrogens (tertiary/aromatic N) is 1. The van der Waals surface area contributed by atoms with Gasteiger partial charge < -0.3 is 33.2 Å². The maximum atomic E-state index is 14.0. The predicted molar refractivity (Wildman–Crippen MR) is 170 cm³/mol. The molecule has 14 nitrogen and oxygen atoms in total. The number of hydrogen-bond acceptors (Lipinski definition) is 14. The molecule has 2 saturated carbocycles. The summed E-state index contributed by atoms with van der Waals surface area (Å²) < 4.78 is 43.4. The Kier molecular flexibility index (Phi) is 10.1. The van der Waals surface area contributed by atoms with Gasteiger partial charge in [-0.15, -0.1) is 0 Å². The van der Waals surface area contributed by atoms with Gasteiger partial charge in [-0.1, -0.05) is 25.1 Å². The Morgan fingerprint density at radius 3 is 1.92 bits per heavy atom. The van der Waals surface area contributed by atoms with Crippen molar-refractivity contribution in [1.82, 2.24) is 4.98 Å². The van der Waals surface area contributed by atoms with Crippen LogP contribution in [-0.4, -0.2) is 89.1 Å². The van der Waals surface area contributed by atoms with Gasteiger partial charge in [-0.25, -0.2) is 9.59 Å². The van der Waals surface area contributed by atoms with Crippen LogP contribution < -0.4 is 0 Å². The molecule has 5 rings (SSSR count). The molecule has 1 aromatic heterocycles. The van der Waals surface area contributed by atoms with Crippen molar-refractivity contribution in [3.8, 4) is 0 Å². The van der Waals surface area contributed by atoms with E-state index in [2.05, 4.69) is 4.98 Å². The first-order chi connectivity index (χ1) is 23.5. The average molecular weight is 696 g/mol. The first kappa shape index (κ1) is 36.4. The third kappa shape index (κ3) is 6.32. The Hall–Kier alpha value is -4.85. The summed E-state index contributed by atoms with van der Waals surface area (Å²) in [5.41, 5.74) is -4.93. The Morgan fingerprint density at radius 2 is 1.34 bits per heavy atom. The van der Waals surface area contributed by atoms with Gasteiger partial charge in [0.25, 0.3) is 0 Å². The summed E-state index contributed by atoms with van der Waals surface area (Å²) in [6.45, 7) is 9.18. The molecule has 1 spiro atoms.